The van der Waals surface area contributed by atoms with E-state index in [1.54, 1.807) is 18.3 Å². The van der Waals surface area contributed by atoms with Gasteiger partial charge < -0.3 is 10.4 Å². The highest BCUT2D eigenvalue weighted by Gasteiger charge is 2.09. The van der Waals surface area contributed by atoms with Crippen LogP contribution in [-0.4, -0.2) is 26.0 Å². The number of aromatic carboxylic acids is 1. The zero-order valence-electron chi connectivity index (χ0n) is 9.55. The van der Waals surface area contributed by atoms with Crippen molar-refractivity contribution in [3.8, 4) is 0 Å². The molecule has 0 saturated heterocycles. The number of carbonyl (C=O) groups is 1. The van der Waals surface area contributed by atoms with Crippen LogP contribution in [0.2, 0.25) is 5.15 Å². The monoisotopic (exact) mass is 280 g/mol. The van der Waals surface area contributed by atoms with Crippen LogP contribution >= 0.6 is 11.6 Å². The average molecular weight is 281 g/mol. The Kier molecular flexibility index (Phi) is 3.76. The van der Waals surface area contributed by atoms with Gasteiger partial charge in [-0.25, -0.2) is 14.8 Å². The summed E-state index contributed by atoms with van der Waals surface area (Å²) in [7, 11) is 0. The lowest BCUT2D eigenvalue weighted by Crippen LogP contribution is -2.20. The first-order chi connectivity index (χ1) is 9.06. The van der Waals surface area contributed by atoms with E-state index in [0.29, 0.717) is 11.7 Å². The van der Waals surface area contributed by atoms with Crippen molar-refractivity contribution in [1.82, 2.24) is 15.0 Å². The van der Waals surface area contributed by atoms with Gasteiger partial charge >= 0.3 is 5.97 Å². The number of nitrogens with one attached hydrogen (secondary N) is 2. The number of carboxylic acid groups (broad SMARTS) is 1. The number of pyridine rings is 1. The predicted molar refractivity (Wildman–Crippen MR) is 68.4 cm³/mol. The minimum Gasteiger partial charge on any atom is -0.477 e. The van der Waals surface area contributed by atoms with Gasteiger partial charge in [0.2, 0.25) is 5.95 Å². The van der Waals surface area contributed by atoms with Gasteiger partial charge in [0.25, 0.3) is 5.56 Å². The number of aromatic amines is 1. The van der Waals surface area contributed by atoms with Crippen LogP contribution in [0.4, 0.5) is 5.95 Å². The first kappa shape index (κ1) is 13.0. The molecule has 0 aliphatic rings. The summed E-state index contributed by atoms with van der Waals surface area (Å²) in [5.74, 6) is -1.13. The van der Waals surface area contributed by atoms with E-state index in [0.717, 1.165) is 11.8 Å². The molecule has 8 heteroatoms. The molecule has 2 aromatic rings. The maximum absolute atomic E-state index is 11.4. The zero-order valence-corrected chi connectivity index (χ0v) is 10.3. The molecule has 98 valence electrons. The van der Waals surface area contributed by atoms with Gasteiger partial charge in [-0.2, -0.15) is 0 Å². The molecule has 2 rings (SSSR count). The maximum atomic E-state index is 11.4. The Morgan fingerprint density at radius 3 is 2.74 bits per heavy atom. The third-order valence-electron chi connectivity index (χ3n) is 2.28. The molecule has 0 aliphatic heterocycles. The molecular weight excluding hydrogens is 272 g/mol. The van der Waals surface area contributed by atoms with E-state index >= 15 is 0 Å². The smallest absolute Gasteiger partial charge is 0.342 e. The van der Waals surface area contributed by atoms with Crippen LogP contribution in [0, 0.1) is 0 Å². The number of carboxylic acids is 1. The molecule has 0 bridgehead atoms. The fraction of sp³-hybridized carbons (Fsp3) is 0.0909. The third-order valence-corrected chi connectivity index (χ3v) is 2.50. The summed E-state index contributed by atoms with van der Waals surface area (Å²) >= 11 is 5.65. The van der Waals surface area contributed by atoms with Crippen LogP contribution in [0.25, 0.3) is 0 Å². The normalized spacial score (nSPS) is 10.2. The Morgan fingerprint density at radius 2 is 2.16 bits per heavy atom. The van der Waals surface area contributed by atoms with Crippen LogP contribution in [0.3, 0.4) is 0 Å². The second-order valence-corrected chi connectivity index (χ2v) is 4.01. The molecule has 0 aromatic carbocycles. The Morgan fingerprint density at radius 1 is 1.37 bits per heavy atom. The van der Waals surface area contributed by atoms with Crippen molar-refractivity contribution in [2.24, 2.45) is 0 Å². The van der Waals surface area contributed by atoms with Crippen molar-refractivity contribution in [3.05, 3.63) is 51.2 Å². The molecule has 0 unspecified atom stereocenters. The molecule has 0 aliphatic carbocycles. The number of halogens is 1. The Hall–Kier alpha value is -2.41. The Balaban J connectivity index is 2.08. The third kappa shape index (κ3) is 3.29. The van der Waals surface area contributed by atoms with E-state index in [2.05, 4.69) is 20.3 Å². The van der Waals surface area contributed by atoms with Gasteiger partial charge in [0, 0.05) is 12.7 Å². The summed E-state index contributed by atoms with van der Waals surface area (Å²) in [5, 5.41) is 11.9. The van der Waals surface area contributed by atoms with Crippen molar-refractivity contribution >= 4 is 23.5 Å². The summed E-state index contributed by atoms with van der Waals surface area (Å²) in [6.45, 7) is 0.375. The molecule has 0 fully saturated rings. The SMILES string of the molecule is O=C(O)c1cnc(NCc2ccc(Cl)nc2)[nH]c1=O. The number of aromatic nitrogens is 3. The molecule has 2 heterocycles. The lowest BCUT2D eigenvalue weighted by molar-refractivity contribution is 0.0694. The first-order valence-corrected chi connectivity index (χ1v) is 5.61. The van der Waals surface area contributed by atoms with Crippen molar-refractivity contribution in [2.75, 3.05) is 5.32 Å². The van der Waals surface area contributed by atoms with Crippen LogP contribution in [0.5, 0.6) is 0 Å². The summed E-state index contributed by atoms with van der Waals surface area (Å²) < 4.78 is 0. The Labute approximate surface area is 112 Å². The van der Waals surface area contributed by atoms with Crippen LogP contribution in [0.15, 0.2) is 29.3 Å². The molecule has 0 radical (unpaired) electrons. The Bertz CT molecular complexity index is 654. The number of anilines is 1. The van der Waals surface area contributed by atoms with E-state index in [4.69, 9.17) is 16.7 Å². The lowest BCUT2D eigenvalue weighted by Gasteiger charge is -2.05. The fourth-order valence-corrected chi connectivity index (χ4v) is 1.45. The van der Waals surface area contributed by atoms with Crippen LogP contribution < -0.4 is 10.9 Å². The highest BCUT2D eigenvalue weighted by molar-refractivity contribution is 6.29. The van der Waals surface area contributed by atoms with Gasteiger partial charge in [-0.3, -0.25) is 9.78 Å². The molecule has 19 heavy (non-hydrogen) atoms. The molecule has 0 spiro atoms. The molecule has 3 N–H and O–H groups in total. The zero-order chi connectivity index (χ0) is 13.8. The second-order valence-electron chi connectivity index (χ2n) is 3.62. The van der Waals surface area contributed by atoms with Crippen molar-refractivity contribution in [1.29, 1.82) is 0 Å². The van der Waals surface area contributed by atoms with Crippen molar-refractivity contribution in [3.63, 3.8) is 0 Å². The average Bonchev–Trinajstić information content (AvgIpc) is 2.37. The molecule has 7 nitrogen and oxygen atoms in total. The standard InChI is InChI=1S/C11H9ClN4O3/c12-8-2-1-6(3-13-8)4-14-11-15-5-7(10(18)19)9(17)16-11/h1-3,5H,4H2,(H,18,19)(H2,14,15,16,17). The van der Waals surface area contributed by atoms with Gasteiger partial charge in [0.15, 0.2) is 0 Å². The number of nitrogens with zero attached hydrogens (tertiary/aromatic N) is 2. The molecule has 0 amide bonds. The van der Waals surface area contributed by atoms with E-state index in [1.807, 2.05) is 0 Å². The fourth-order valence-electron chi connectivity index (χ4n) is 1.33. The predicted octanol–water partition coefficient (Wildman–Crippen LogP) is 1.13. The van der Waals surface area contributed by atoms with Gasteiger partial charge in [-0.1, -0.05) is 17.7 Å². The second kappa shape index (κ2) is 5.49. The van der Waals surface area contributed by atoms with Gasteiger partial charge in [-0.15, -0.1) is 0 Å². The summed E-state index contributed by atoms with van der Waals surface area (Å²) in [6, 6.07) is 3.41. The van der Waals surface area contributed by atoms with Gasteiger partial charge in [0.1, 0.15) is 10.7 Å². The number of H-pyrrole nitrogens is 1. The molecule has 0 saturated carbocycles. The van der Waals surface area contributed by atoms with Crippen LogP contribution in [-0.2, 0) is 6.54 Å². The van der Waals surface area contributed by atoms with E-state index < -0.39 is 17.1 Å². The van der Waals surface area contributed by atoms with Crippen LogP contribution in [0.1, 0.15) is 15.9 Å². The van der Waals surface area contributed by atoms with Crippen molar-refractivity contribution in [2.45, 2.75) is 6.54 Å². The van der Waals surface area contributed by atoms with E-state index in [1.165, 1.54) is 0 Å². The summed E-state index contributed by atoms with van der Waals surface area (Å²) in [5.41, 5.74) is -0.271. The minimum absolute atomic E-state index is 0.185. The highest BCUT2D eigenvalue weighted by atomic mass is 35.5. The number of hydrogen-bond donors (Lipinski definition) is 3. The highest BCUT2D eigenvalue weighted by Crippen LogP contribution is 2.06. The number of hydrogen-bond acceptors (Lipinski definition) is 5. The summed E-state index contributed by atoms with van der Waals surface area (Å²) in [6.07, 6.45) is 2.59. The first-order valence-electron chi connectivity index (χ1n) is 5.23. The van der Waals surface area contributed by atoms with E-state index in [-0.39, 0.29) is 5.95 Å². The van der Waals surface area contributed by atoms with Gasteiger partial charge in [0.05, 0.1) is 6.20 Å². The topological polar surface area (TPSA) is 108 Å². The largest absolute Gasteiger partial charge is 0.477 e. The minimum atomic E-state index is -1.32. The van der Waals surface area contributed by atoms with Gasteiger partial charge in [-0.05, 0) is 11.6 Å². The lowest BCUT2D eigenvalue weighted by atomic mass is 10.3. The summed E-state index contributed by atoms with van der Waals surface area (Å²) in [4.78, 5) is 32.1. The molecule has 0 atom stereocenters. The van der Waals surface area contributed by atoms with E-state index in [9.17, 15) is 9.59 Å². The maximum Gasteiger partial charge on any atom is 0.342 e. The quantitative estimate of drug-likeness (QED) is 0.725. The molecular formula is C11H9ClN4O3. The molecule has 2 aromatic heterocycles. The van der Waals surface area contributed by atoms with Crippen molar-refractivity contribution < 1.29 is 9.90 Å². The number of rotatable bonds is 4.